The van der Waals surface area contributed by atoms with Crippen LogP contribution in [0.15, 0.2) is 48.8 Å². The van der Waals surface area contributed by atoms with Crippen molar-refractivity contribution in [3.8, 4) is 11.3 Å². The maximum Gasteiger partial charge on any atom is 0.257 e. The number of aryl methyl sites for hydroxylation is 2. The number of aromatic nitrogens is 2. The van der Waals surface area contributed by atoms with Gasteiger partial charge in [0.2, 0.25) is 0 Å². The molecule has 4 rings (SSSR count). The van der Waals surface area contributed by atoms with Gasteiger partial charge in [0.1, 0.15) is 0 Å². The number of fused-ring (bicyclic) bond motifs is 3. The third kappa shape index (κ3) is 2.75. The van der Waals surface area contributed by atoms with Crippen LogP contribution in [0, 0.1) is 0 Å². The van der Waals surface area contributed by atoms with Crippen molar-refractivity contribution in [2.45, 2.75) is 19.3 Å². The first-order chi connectivity index (χ1) is 11.3. The van der Waals surface area contributed by atoms with Gasteiger partial charge in [0.05, 0.1) is 5.69 Å². The molecule has 4 nitrogen and oxygen atoms in total. The van der Waals surface area contributed by atoms with Crippen molar-refractivity contribution in [2.75, 3.05) is 5.32 Å². The number of amides is 1. The Labute approximate surface area is 138 Å². The van der Waals surface area contributed by atoms with Gasteiger partial charge in [-0.15, -0.1) is 11.3 Å². The van der Waals surface area contributed by atoms with Crippen molar-refractivity contribution in [3.05, 3.63) is 64.8 Å². The maximum atomic E-state index is 12.3. The highest BCUT2D eigenvalue weighted by atomic mass is 32.1. The predicted octanol–water partition coefficient (Wildman–Crippen LogP) is 3.95. The van der Waals surface area contributed by atoms with Crippen LogP contribution >= 0.6 is 11.3 Å². The predicted molar refractivity (Wildman–Crippen MR) is 91.8 cm³/mol. The standard InChI is InChI=1S/C18H15N3OS/c22-17(13-8-10-19-11-9-13)21-18-20-16-14-6-2-1-4-12(14)5-3-7-15(16)23-18/h1-2,4,6,8-11H,3,5,7H2,(H,20,21,22). The van der Waals surface area contributed by atoms with Crippen LogP contribution < -0.4 is 5.32 Å². The summed E-state index contributed by atoms with van der Waals surface area (Å²) in [5, 5.41) is 3.57. The van der Waals surface area contributed by atoms with E-state index in [1.54, 1.807) is 35.9 Å². The molecular formula is C18H15N3OS. The van der Waals surface area contributed by atoms with E-state index in [0.717, 1.165) is 25.0 Å². The van der Waals surface area contributed by atoms with Crippen LogP contribution in [-0.2, 0) is 12.8 Å². The first kappa shape index (κ1) is 14.1. The second-order valence-electron chi connectivity index (χ2n) is 5.49. The summed E-state index contributed by atoms with van der Waals surface area (Å²) in [5.74, 6) is -0.149. The number of hydrogen-bond donors (Lipinski definition) is 1. The Morgan fingerprint density at radius 2 is 1.91 bits per heavy atom. The van der Waals surface area contributed by atoms with Crippen LogP contribution in [-0.4, -0.2) is 15.9 Å². The molecule has 3 aromatic rings. The topological polar surface area (TPSA) is 54.9 Å². The van der Waals surface area contributed by atoms with E-state index in [2.05, 4.69) is 33.5 Å². The molecule has 0 radical (unpaired) electrons. The number of hydrogen-bond acceptors (Lipinski definition) is 4. The summed E-state index contributed by atoms with van der Waals surface area (Å²) >= 11 is 1.58. The SMILES string of the molecule is O=C(Nc1nc2c(s1)CCCc1ccccc1-2)c1ccncc1. The number of pyridine rings is 1. The molecule has 0 saturated heterocycles. The summed E-state index contributed by atoms with van der Waals surface area (Å²) in [6.45, 7) is 0. The maximum absolute atomic E-state index is 12.3. The molecule has 23 heavy (non-hydrogen) atoms. The van der Waals surface area contributed by atoms with E-state index in [9.17, 15) is 4.79 Å². The fraction of sp³-hybridized carbons (Fsp3) is 0.167. The van der Waals surface area contributed by atoms with Gasteiger partial charge in [0.15, 0.2) is 5.13 Å². The van der Waals surface area contributed by atoms with Crippen LogP contribution in [0.3, 0.4) is 0 Å². The summed E-state index contributed by atoms with van der Waals surface area (Å²) in [5.41, 5.74) is 4.14. The zero-order valence-electron chi connectivity index (χ0n) is 12.5. The molecule has 2 aromatic heterocycles. The van der Waals surface area contributed by atoms with Crippen LogP contribution in [0.5, 0.6) is 0 Å². The molecule has 0 aliphatic heterocycles. The number of nitrogens with one attached hydrogen (secondary N) is 1. The second kappa shape index (κ2) is 5.93. The Kier molecular flexibility index (Phi) is 3.63. The third-order valence-electron chi connectivity index (χ3n) is 3.98. The molecular weight excluding hydrogens is 306 g/mol. The minimum Gasteiger partial charge on any atom is -0.298 e. The number of rotatable bonds is 2. The minimum atomic E-state index is -0.149. The highest BCUT2D eigenvalue weighted by molar-refractivity contribution is 7.16. The quantitative estimate of drug-likeness (QED) is 0.777. The van der Waals surface area contributed by atoms with Crippen molar-refractivity contribution < 1.29 is 4.79 Å². The summed E-state index contributed by atoms with van der Waals surface area (Å²) < 4.78 is 0. The second-order valence-corrected chi connectivity index (χ2v) is 6.58. The Morgan fingerprint density at radius 1 is 1.09 bits per heavy atom. The van der Waals surface area contributed by atoms with Gasteiger partial charge in [-0.3, -0.25) is 15.1 Å². The van der Waals surface area contributed by atoms with E-state index < -0.39 is 0 Å². The largest absolute Gasteiger partial charge is 0.298 e. The Morgan fingerprint density at radius 3 is 2.78 bits per heavy atom. The molecule has 5 heteroatoms. The summed E-state index contributed by atoms with van der Waals surface area (Å²) in [6, 6.07) is 11.8. The zero-order chi connectivity index (χ0) is 15.6. The molecule has 0 unspecified atom stereocenters. The van der Waals surface area contributed by atoms with Crippen LogP contribution in [0.25, 0.3) is 11.3 Å². The lowest BCUT2D eigenvalue weighted by molar-refractivity contribution is 0.102. The van der Waals surface area contributed by atoms with Crippen LogP contribution in [0.1, 0.15) is 27.2 Å². The number of nitrogens with zero attached hydrogens (tertiary/aromatic N) is 2. The fourth-order valence-electron chi connectivity index (χ4n) is 2.87. The van der Waals surface area contributed by atoms with Gasteiger partial charge < -0.3 is 0 Å². The van der Waals surface area contributed by atoms with E-state index in [0.29, 0.717) is 10.7 Å². The molecule has 0 fully saturated rings. The lowest BCUT2D eigenvalue weighted by Gasteiger charge is -2.04. The molecule has 0 atom stereocenters. The third-order valence-corrected chi connectivity index (χ3v) is 5.01. The van der Waals surface area contributed by atoms with Crippen LogP contribution in [0.2, 0.25) is 0 Å². The highest BCUT2D eigenvalue weighted by Gasteiger charge is 2.19. The van der Waals surface area contributed by atoms with Gasteiger partial charge >= 0.3 is 0 Å². The molecule has 0 saturated carbocycles. The molecule has 1 amide bonds. The molecule has 114 valence electrons. The van der Waals surface area contributed by atoms with E-state index in [4.69, 9.17) is 0 Å². The van der Waals surface area contributed by atoms with E-state index in [-0.39, 0.29) is 5.91 Å². The van der Waals surface area contributed by atoms with E-state index in [1.165, 1.54) is 16.0 Å². The summed E-state index contributed by atoms with van der Waals surface area (Å²) in [7, 11) is 0. The normalized spacial score (nSPS) is 12.9. The lowest BCUT2D eigenvalue weighted by Crippen LogP contribution is -2.11. The van der Waals surface area contributed by atoms with Crippen molar-refractivity contribution in [1.29, 1.82) is 0 Å². The van der Waals surface area contributed by atoms with Crippen molar-refractivity contribution in [3.63, 3.8) is 0 Å². The Bertz CT molecular complexity index is 858. The number of benzene rings is 1. The minimum absolute atomic E-state index is 0.149. The monoisotopic (exact) mass is 321 g/mol. The average Bonchev–Trinajstić information content (AvgIpc) is 2.90. The van der Waals surface area contributed by atoms with Gasteiger partial charge in [-0.1, -0.05) is 24.3 Å². The van der Waals surface area contributed by atoms with Crippen LogP contribution in [0.4, 0.5) is 5.13 Å². The van der Waals surface area contributed by atoms with E-state index in [1.807, 2.05) is 6.07 Å². The molecule has 1 aromatic carbocycles. The molecule has 1 aliphatic carbocycles. The number of carbonyl (C=O) groups excluding carboxylic acids is 1. The van der Waals surface area contributed by atoms with Gasteiger partial charge in [0, 0.05) is 28.4 Å². The zero-order valence-corrected chi connectivity index (χ0v) is 13.3. The van der Waals surface area contributed by atoms with Gasteiger partial charge in [0.25, 0.3) is 5.91 Å². The smallest absolute Gasteiger partial charge is 0.257 e. The molecule has 0 bridgehead atoms. The molecule has 1 aliphatic rings. The fourth-order valence-corrected chi connectivity index (χ4v) is 3.88. The molecule has 1 N–H and O–H groups in total. The van der Waals surface area contributed by atoms with Crippen molar-refractivity contribution in [1.82, 2.24) is 9.97 Å². The number of carbonyl (C=O) groups is 1. The highest BCUT2D eigenvalue weighted by Crippen LogP contribution is 2.37. The first-order valence-corrected chi connectivity index (χ1v) is 8.42. The first-order valence-electron chi connectivity index (χ1n) is 7.60. The molecule has 2 heterocycles. The van der Waals surface area contributed by atoms with Crippen molar-refractivity contribution in [2.24, 2.45) is 0 Å². The lowest BCUT2D eigenvalue weighted by atomic mass is 10.0. The Hall–Kier alpha value is -2.53. The Balaban J connectivity index is 1.66. The number of thiazole rings is 1. The van der Waals surface area contributed by atoms with Crippen molar-refractivity contribution >= 4 is 22.4 Å². The summed E-state index contributed by atoms with van der Waals surface area (Å²) in [6.07, 6.45) is 6.43. The average molecular weight is 321 g/mol. The summed E-state index contributed by atoms with van der Waals surface area (Å²) in [4.78, 5) is 22.1. The van der Waals surface area contributed by atoms with Gasteiger partial charge in [-0.25, -0.2) is 4.98 Å². The van der Waals surface area contributed by atoms with Gasteiger partial charge in [-0.2, -0.15) is 0 Å². The molecule has 0 spiro atoms. The van der Waals surface area contributed by atoms with E-state index >= 15 is 0 Å². The van der Waals surface area contributed by atoms with Gasteiger partial charge in [-0.05, 0) is 37.0 Å². The number of anilines is 1.